The Morgan fingerprint density at radius 1 is 1.17 bits per heavy atom. The molecule has 0 aliphatic carbocycles. The smallest absolute Gasteiger partial charge is 0.234 e. The van der Waals surface area contributed by atoms with Crippen LogP contribution in [0.3, 0.4) is 0 Å². The molecule has 29 heavy (non-hydrogen) atoms. The van der Waals surface area contributed by atoms with Crippen LogP contribution in [0.15, 0.2) is 42.5 Å². The Morgan fingerprint density at radius 3 is 2.66 bits per heavy atom. The molecule has 1 aromatic heterocycles. The fourth-order valence-electron chi connectivity index (χ4n) is 2.41. The van der Waals surface area contributed by atoms with E-state index in [-0.39, 0.29) is 29.4 Å². The molecule has 0 bridgehead atoms. The number of rotatable bonds is 7. The third-order valence-electron chi connectivity index (χ3n) is 3.73. The van der Waals surface area contributed by atoms with Crippen molar-refractivity contribution in [1.82, 2.24) is 15.0 Å². The van der Waals surface area contributed by atoms with E-state index in [1.165, 1.54) is 23.9 Å². The van der Waals surface area contributed by atoms with Crippen LogP contribution in [0.4, 0.5) is 27.7 Å². The topological polar surface area (TPSA) is 106 Å². The Kier molecular flexibility index (Phi) is 6.84. The number of thioether (sulfide) groups is 1. The third-order valence-corrected chi connectivity index (χ3v) is 4.89. The SMILES string of the molecule is Cc1cc(Cl)ccc1NC(=O)CSCc1nc(N)nc(Nc2ccc(F)cc2)n1. The summed E-state index contributed by atoms with van der Waals surface area (Å²) in [6, 6.07) is 11.0. The minimum Gasteiger partial charge on any atom is -0.368 e. The zero-order valence-corrected chi connectivity index (χ0v) is 17.0. The lowest BCUT2D eigenvalue weighted by Crippen LogP contribution is -2.15. The van der Waals surface area contributed by atoms with Crippen molar-refractivity contribution < 1.29 is 9.18 Å². The number of halogens is 2. The number of hydrogen-bond acceptors (Lipinski definition) is 7. The van der Waals surface area contributed by atoms with E-state index in [0.717, 1.165) is 11.3 Å². The number of nitrogen functional groups attached to an aromatic ring is 1. The van der Waals surface area contributed by atoms with Gasteiger partial charge in [0.05, 0.1) is 11.5 Å². The molecule has 2 aromatic carbocycles. The molecular formula is C19H18ClFN6OS. The number of anilines is 4. The molecular weight excluding hydrogens is 415 g/mol. The molecule has 150 valence electrons. The fourth-order valence-corrected chi connectivity index (χ4v) is 3.31. The van der Waals surface area contributed by atoms with Crippen molar-refractivity contribution in [3.63, 3.8) is 0 Å². The average molecular weight is 433 g/mol. The number of carbonyl (C=O) groups is 1. The summed E-state index contributed by atoms with van der Waals surface area (Å²) in [5, 5.41) is 6.41. The fraction of sp³-hybridized carbons (Fsp3) is 0.158. The normalized spacial score (nSPS) is 10.6. The maximum atomic E-state index is 13.0. The highest BCUT2D eigenvalue weighted by Crippen LogP contribution is 2.20. The lowest BCUT2D eigenvalue weighted by Gasteiger charge is -2.09. The minimum absolute atomic E-state index is 0.0569. The number of carbonyl (C=O) groups excluding carboxylic acids is 1. The van der Waals surface area contributed by atoms with Gasteiger partial charge in [0.25, 0.3) is 0 Å². The maximum Gasteiger partial charge on any atom is 0.234 e. The summed E-state index contributed by atoms with van der Waals surface area (Å²) in [6.45, 7) is 1.87. The lowest BCUT2D eigenvalue weighted by atomic mass is 10.2. The van der Waals surface area contributed by atoms with E-state index in [4.69, 9.17) is 17.3 Å². The Morgan fingerprint density at radius 2 is 1.93 bits per heavy atom. The van der Waals surface area contributed by atoms with Gasteiger partial charge in [0.1, 0.15) is 11.6 Å². The zero-order chi connectivity index (χ0) is 20.8. The Balaban J connectivity index is 1.55. The summed E-state index contributed by atoms with van der Waals surface area (Å²) >= 11 is 7.27. The Bertz CT molecular complexity index is 1020. The maximum absolute atomic E-state index is 13.0. The Hall–Kier alpha value is -2.91. The van der Waals surface area contributed by atoms with Crippen molar-refractivity contribution in [1.29, 1.82) is 0 Å². The first-order valence-electron chi connectivity index (χ1n) is 8.56. The van der Waals surface area contributed by atoms with Crippen LogP contribution < -0.4 is 16.4 Å². The molecule has 1 heterocycles. The van der Waals surface area contributed by atoms with Crippen LogP contribution in [0.25, 0.3) is 0 Å². The number of nitrogens with zero attached hydrogens (tertiary/aromatic N) is 3. The number of aryl methyl sites for hydroxylation is 1. The first-order valence-corrected chi connectivity index (χ1v) is 10.1. The van der Waals surface area contributed by atoms with Gasteiger partial charge in [-0.25, -0.2) is 4.39 Å². The molecule has 1 amide bonds. The van der Waals surface area contributed by atoms with E-state index in [2.05, 4.69) is 25.6 Å². The van der Waals surface area contributed by atoms with Crippen molar-refractivity contribution in [2.45, 2.75) is 12.7 Å². The van der Waals surface area contributed by atoms with Gasteiger partial charge in [-0.2, -0.15) is 15.0 Å². The molecule has 3 aromatic rings. The number of benzene rings is 2. The van der Waals surface area contributed by atoms with Crippen LogP contribution in [0.2, 0.25) is 5.02 Å². The van der Waals surface area contributed by atoms with Crippen LogP contribution in [-0.2, 0) is 10.5 Å². The molecule has 10 heteroatoms. The van der Waals surface area contributed by atoms with Crippen LogP contribution in [0.5, 0.6) is 0 Å². The Labute approximate surface area is 176 Å². The van der Waals surface area contributed by atoms with Crippen LogP contribution in [-0.4, -0.2) is 26.6 Å². The summed E-state index contributed by atoms with van der Waals surface area (Å²) in [7, 11) is 0. The largest absolute Gasteiger partial charge is 0.368 e. The number of nitrogens with two attached hydrogens (primary N) is 1. The number of amides is 1. The number of nitrogens with one attached hydrogen (secondary N) is 2. The van der Waals surface area contributed by atoms with E-state index >= 15 is 0 Å². The van der Waals surface area contributed by atoms with E-state index in [0.29, 0.717) is 22.3 Å². The van der Waals surface area contributed by atoms with Crippen molar-refractivity contribution in [3.05, 3.63) is 64.7 Å². The van der Waals surface area contributed by atoms with E-state index in [9.17, 15) is 9.18 Å². The van der Waals surface area contributed by atoms with Crippen LogP contribution in [0, 0.1) is 12.7 Å². The predicted molar refractivity (Wildman–Crippen MR) is 115 cm³/mol. The molecule has 0 fully saturated rings. The summed E-state index contributed by atoms with van der Waals surface area (Å²) in [5.41, 5.74) is 7.96. The van der Waals surface area contributed by atoms with Gasteiger partial charge in [0.15, 0.2) is 0 Å². The van der Waals surface area contributed by atoms with Gasteiger partial charge in [0.2, 0.25) is 17.8 Å². The molecule has 0 saturated carbocycles. The quantitative estimate of drug-likeness (QED) is 0.514. The molecule has 0 saturated heterocycles. The van der Waals surface area contributed by atoms with Crippen molar-refractivity contribution in [2.24, 2.45) is 0 Å². The van der Waals surface area contributed by atoms with Gasteiger partial charge in [-0.3, -0.25) is 4.79 Å². The van der Waals surface area contributed by atoms with Gasteiger partial charge in [-0.05, 0) is 55.0 Å². The predicted octanol–water partition coefficient (Wildman–Crippen LogP) is 4.17. The number of aromatic nitrogens is 3. The van der Waals surface area contributed by atoms with E-state index < -0.39 is 0 Å². The molecule has 0 radical (unpaired) electrons. The highest BCUT2D eigenvalue weighted by molar-refractivity contribution is 7.99. The second kappa shape index (κ2) is 9.53. The molecule has 0 aliphatic heterocycles. The summed E-state index contributed by atoms with van der Waals surface area (Å²) in [4.78, 5) is 24.5. The van der Waals surface area contributed by atoms with E-state index in [1.54, 1.807) is 30.3 Å². The molecule has 0 atom stereocenters. The number of hydrogen-bond donors (Lipinski definition) is 3. The monoisotopic (exact) mass is 432 g/mol. The first-order chi connectivity index (χ1) is 13.9. The zero-order valence-electron chi connectivity index (χ0n) is 15.4. The molecule has 0 spiro atoms. The van der Waals surface area contributed by atoms with Gasteiger partial charge in [-0.15, -0.1) is 11.8 Å². The van der Waals surface area contributed by atoms with Crippen molar-refractivity contribution in [3.8, 4) is 0 Å². The summed E-state index contributed by atoms with van der Waals surface area (Å²) in [6.07, 6.45) is 0. The highest BCUT2D eigenvalue weighted by atomic mass is 35.5. The highest BCUT2D eigenvalue weighted by Gasteiger charge is 2.09. The van der Waals surface area contributed by atoms with Crippen LogP contribution >= 0.6 is 23.4 Å². The molecule has 7 nitrogen and oxygen atoms in total. The summed E-state index contributed by atoms with van der Waals surface area (Å²) in [5.74, 6) is 0.846. The van der Waals surface area contributed by atoms with Crippen molar-refractivity contribution >= 4 is 52.5 Å². The van der Waals surface area contributed by atoms with Gasteiger partial charge in [0, 0.05) is 16.4 Å². The second-order valence-corrected chi connectivity index (χ2v) is 7.49. The summed E-state index contributed by atoms with van der Waals surface area (Å²) < 4.78 is 13.0. The minimum atomic E-state index is -0.338. The molecule has 0 aliphatic rings. The van der Waals surface area contributed by atoms with Gasteiger partial charge >= 0.3 is 0 Å². The van der Waals surface area contributed by atoms with Gasteiger partial charge in [-0.1, -0.05) is 11.6 Å². The van der Waals surface area contributed by atoms with Crippen molar-refractivity contribution in [2.75, 3.05) is 22.1 Å². The second-order valence-electron chi connectivity index (χ2n) is 6.07. The molecule has 4 N–H and O–H groups in total. The third kappa shape index (κ3) is 6.30. The van der Waals surface area contributed by atoms with E-state index in [1.807, 2.05) is 6.92 Å². The molecule has 0 unspecified atom stereocenters. The standard InChI is InChI=1S/C19H18ClFN6OS/c1-11-8-12(20)2-7-15(11)24-17(28)10-29-9-16-25-18(22)27-19(26-16)23-14-5-3-13(21)4-6-14/h2-8H,9-10H2,1H3,(H,24,28)(H3,22,23,25,26,27). The molecule has 3 rings (SSSR count). The van der Waals surface area contributed by atoms with Gasteiger partial charge < -0.3 is 16.4 Å². The van der Waals surface area contributed by atoms with Crippen LogP contribution in [0.1, 0.15) is 11.4 Å². The average Bonchev–Trinajstić information content (AvgIpc) is 2.65. The lowest BCUT2D eigenvalue weighted by molar-refractivity contribution is -0.113. The first kappa shape index (κ1) is 20.8.